The minimum absolute atomic E-state index is 0.142. The summed E-state index contributed by atoms with van der Waals surface area (Å²) < 4.78 is 109. The molecule has 13 heteroatoms. The topological polar surface area (TPSA) is 63.2 Å². The molecular formula is C30H27BrF6O6. The third-order valence-corrected chi connectivity index (χ3v) is 7.26. The molecule has 0 spiro atoms. The van der Waals surface area contributed by atoms with E-state index in [2.05, 4.69) is 15.9 Å². The fraction of sp³-hybridized carbons (Fsp3) is 0.367. The van der Waals surface area contributed by atoms with E-state index < -0.39 is 60.2 Å². The molecule has 1 aliphatic heterocycles. The van der Waals surface area contributed by atoms with E-state index in [1.54, 1.807) is 18.2 Å². The maximum Gasteiger partial charge on any atom is 0.416 e. The maximum atomic E-state index is 13.3. The van der Waals surface area contributed by atoms with Crippen LogP contribution in [0.2, 0.25) is 0 Å². The molecule has 0 aromatic heterocycles. The molecule has 0 N–H and O–H groups in total. The molecule has 0 saturated carbocycles. The van der Waals surface area contributed by atoms with Gasteiger partial charge in [0, 0.05) is 12.4 Å². The van der Waals surface area contributed by atoms with Gasteiger partial charge in [-0.2, -0.15) is 26.3 Å². The summed E-state index contributed by atoms with van der Waals surface area (Å²) in [5.41, 5.74) is -1.17. The highest BCUT2D eigenvalue weighted by Crippen LogP contribution is 2.34. The first-order chi connectivity index (χ1) is 20.4. The average molecular weight is 677 g/mol. The number of esters is 1. The van der Waals surface area contributed by atoms with Crippen LogP contribution in [0.4, 0.5) is 26.3 Å². The SMILES string of the molecule is CO[C@H]1O[C@H](CBr)[C@@H](OC(=O)c2ccccc2)[C@H](OCc2cccc(C(F)(F)F)c2)[C@H]1OCc1cccc(C(F)(F)F)c1. The van der Waals surface area contributed by atoms with Crippen molar-refractivity contribution in [2.45, 2.75) is 56.3 Å². The Labute approximate surface area is 252 Å². The van der Waals surface area contributed by atoms with Crippen LogP contribution in [0.25, 0.3) is 0 Å². The molecule has 5 atom stereocenters. The van der Waals surface area contributed by atoms with E-state index >= 15 is 0 Å². The molecule has 43 heavy (non-hydrogen) atoms. The van der Waals surface area contributed by atoms with Crippen LogP contribution in [0.5, 0.6) is 0 Å². The van der Waals surface area contributed by atoms with E-state index in [1.165, 1.54) is 43.5 Å². The van der Waals surface area contributed by atoms with Crippen molar-refractivity contribution in [2.75, 3.05) is 12.4 Å². The predicted molar refractivity (Wildman–Crippen MR) is 145 cm³/mol. The van der Waals surface area contributed by atoms with Gasteiger partial charge in [-0.15, -0.1) is 0 Å². The molecule has 1 saturated heterocycles. The zero-order valence-electron chi connectivity index (χ0n) is 22.6. The Hall–Kier alpha value is -2.97. The second kappa shape index (κ2) is 14.2. The summed E-state index contributed by atoms with van der Waals surface area (Å²) >= 11 is 3.33. The molecule has 0 radical (unpaired) electrons. The zero-order chi connectivity index (χ0) is 31.2. The summed E-state index contributed by atoms with van der Waals surface area (Å²) in [6.45, 7) is -0.678. The Bertz CT molecular complexity index is 1350. The Morgan fingerprint density at radius 3 is 1.79 bits per heavy atom. The maximum absolute atomic E-state index is 13.3. The highest BCUT2D eigenvalue weighted by atomic mass is 79.9. The van der Waals surface area contributed by atoms with Crippen LogP contribution in [-0.4, -0.2) is 49.1 Å². The molecule has 1 fully saturated rings. The molecule has 0 amide bonds. The van der Waals surface area contributed by atoms with E-state index in [9.17, 15) is 31.1 Å². The van der Waals surface area contributed by atoms with Crippen molar-refractivity contribution in [3.63, 3.8) is 0 Å². The van der Waals surface area contributed by atoms with Crippen LogP contribution in [0, 0.1) is 0 Å². The normalized spacial score (nSPS) is 22.7. The minimum atomic E-state index is -4.58. The lowest BCUT2D eigenvalue weighted by Crippen LogP contribution is -2.61. The molecule has 3 aromatic rings. The van der Waals surface area contributed by atoms with Gasteiger partial charge in [0.15, 0.2) is 12.4 Å². The van der Waals surface area contributed by atoms with Crippen LogP contribution < -0.4 is 0 Å². The van der Waals surface area contributed by atoms with E-state index in [4.69, 9.17) is 23.7 Å². The predicted octanol–water partition coefficient (Wildman–Crippen LogP) is 7.19. The number of alkyl halides is 7. The number of hydrogen-bond acceptors (Lipinski definition) is 6. The molecule has 1 heterocycles. The van der Waals surface area contributed by atoms with Gasteiger partial charge in [0.25, 0.3) is 0 Å². The number of halogens is 7. The molecule has 1 aliphatic rings. The smallest absolute Gasteiger partial charge is 0.416 e. The van der Waals surface area contributed by atoms with Crippen LogP contribution in [0.15, 0.2) is 78.9 Å². The van der Waals surface area contributed by atoms with Gasteiger partial charge in [-0.1, -0.05) is 58.4 Å². The van der Waals surface area contributed by atoms with E-state index in [0.29, 0.717) is 0 Å². The number of rotatable bonds is 10. The summed E-state index contributed by atoms with van der Waals surface area (Å²) in [6.07, 6.45) is -14.6. The van der Waals surface area contributed by atoms with Gasteiger partial charge >= 0.3 is 18.3 Å². The first-order valence-corrected chi connectivity index (χ1v) is 14.1. The quantitative estimate of drug-likeness (QED) is 0.129. The number of benzene rings is 3. The fourth-order valence-corrected chi connectivity index (χ4v) is 5.05. The Kier molecular flexibility index (Phi) is 10.9. The monoisotopic (exact) mass is 676 g/mol. The molecule has 4 rings (SSSR count). The minimum Gasteiger partial charge on any atom is -0.453 e. The highest BCUT2D eigenvalue weighted by molar-refractivity contribution is 9.09. The molecule has 0 unspecified atom stereocenters. The standard InChI is InChI=1S/C30H27BrF6O6/c1-39-28-26(41-17-19-8-6-12-22(14-19)30(35,36)37)25(40-16-18-7-5-11-21(13-18)29(32,33)34)24(23(15-31)42-28)43-27(38)20-9-3-2-4-10-20/h2-14,23-26,28H,15-17H2,1H3/t23-,24-,25+,26-,28+/m1/s1. The van der Waals surface area contributed by atoms with Crippen LogP contribution in [-0.2, 0) is 49.3 Å². The second-order valence-corrected chi connectivity index (χ2v) is 10.3. The summed E-state index contributed by atoms with van der Waals surface area (Å²) in [5, 5.41) is 0.142. The lowest BCUT2D eigenvalue weighted by molar-refractivity contribution is -0.305. The summed E-state index contributed by atoms with van der Waals surface area (Å²) in [6, 6.07) is 17.1. The second-order valence-electron chi connectivity index (χ2n) is 9.62. The summed E-state index contributed by atoms with van der Waals surface area (Å²) in [4.78, 5) is 13.1. The van der Waals surface area contributed by atoms with Gasteiger partial charge in [-0.3, -0.25) is 0 Å². The summed E-state index contributed by atoms with van der Waals surface area (Å²) in [7, 11) is 1.32. The van der Waals surface area contributed by atoms with Crippen molar-refractivity contribution in [1.82, 2.24) is 0 Å². The highest BCUT2D eigenvalue weighted by Gasteiger charge is 2.50. The number of ether oxygens (including phenoxy) is 5. The zero-order valence-corrected chi connectivity index (χ0v) is 24.2. The molecule has 6 nitrogen and oxygen atoms in total. The Morgan fingerprint density at radius 1 is 0.767 bits per heavy atom. The molecule has 0 aliphatic carbocycles. The number of carbonyl (C=O) groups excluding carboxylic acids is 1. The average Bonchev–Trinajstić information content (AvgIpc) is 2.99. The van der Waals surface area contributed by atoms with Gasteiger partial charge in [0.05, 0.1) is 29.9 Å². The van der Waals surface area contributed by atoms with Gasteiger partial charge < -0.3 is 23.7 Å². The number of methoxy groups -OCH3 is 1. The largest absolute Gasteiger partial charge is 0.453 e. The van der Waals surface area contributed by atoms with Crippen molar-refractivity contribution in [3.05, 3.63) is 107 Å². The molecular weight excluding hydrogens is 650 g/mol. The van der Waals surface area contributed by atoms with Gasteiger partial charge in [-0.05, 0) is 47.5 Å². The Morgan fingerprint density at radius 2 is 1.30 bits per heavy atom. The van der Waals surface area contributed by atoms with Crippen LogP contribution >= 0.6 is 15.9 Å². The van der Waals surface area contributed by atoms with Crippen molar-refractivity contribution in [3.8, 4) is 0 Å². The third kappa shape index (κ3) is 8.57. The Balaban J connectivity index is 1.65. The number of carbonyl (C=O) groups is 1. The van der Waals surface area contributed by atoms with E-state index in [-0.39, 0.29) is 35.2 Å². The van der Waals surface area contributed by atoms with Crippen molar-refractivity contribution >= 4 is 21.9 Å². The van der Waals surface area contributed by atoms with E-state index in [0.717, 1.165) is 24.3 Å². The van der Waals surface area contributed by atoms with Crippen molar-refractivity contribution in [2.24, 2.45) is 0 Å². The molecule has 3 aromatic carbocycles. The van der Waals surface area contributed by atoms with Crippen LogP contribution in [0.3, 0.4) is 0 Å². The molecule has 0 bridgehead atoms. The van der Waals surface area contributed by atoms with E-state index in [1.807, 2.05) is 0 Å². The van der Waals surface area contributed by atoms with Gasteiger partial charge in [0.1, 0.15) is 18.3 Å². The number of hydrogen-bond donors (Lipinski definition) is 0. The van der Waals surface area contributed by atoms with Gasteiger partial charge in [0.2, 0.25) is 0 Å². The summed E-state index contributed by atoms with van der Waals surface area (Å²) in [5.74, 6) is -0.722. The lowest BCUT2D eigenvalue weighted by Gasteiger charge is -2.44. The molecule has 232 valence electrons. The fourth-order valence-electron chi connectivity index (χ4n) is 4.53. The van der Waals surface area contributed by atoms with Crippen LogP contribution in [0.1, 0.15) is 32.6 Å². The first-order valence-electron chi connectivity index (χ1n) is 13.0. The lowest BCUT2D eigenvalue weighted by atomic mass is 9.98. The third-order valence-electron chi connectivity index (χ3n) is 6.62. The first kappa shape index (κ1) is 32.9. The van der Waals surface area contributed by atoms with Crippen molar-refractivity contribution < 1.29 is 54.8 Å². The van der Waals surface area contributed by atoms with Gasteiger partial charge in [-0.25, -0.2) is 4.79 Å². The van der Waals surface area contributed by atoms with Crippen molar-refractivity contribution in [1.29, 1.82) is 0 Å².